The standard InChI is InChI=1S/C16H25NO.3C2H6.CH5N/c1-2-3-4-5-6-7-8-13-18-16-11-9-15(14-17)10-12-16;4*1-2/h9-12,14,17H,2-8,13H2,1H3;3*1-2H3;2H2,1H3. The van der Waals surface area contributed by atoms with Crippen molar-refractivity contribution in [1.82, 2.24) is 0 Å². The van der Waals surface area contributed by atoms with E-state index in [1.165, 1.54) is 51.8 Å². The van der Waals surface area contributed by atoms with Gasteiger partial charge in [-0.1, -0.05) is 87.0 Å². The van der Waals surface area contributed by atoms with Gasteiger partial charge >= 0.3 is 0 Å². The average Bonchev–Trinajstić information content (AvgIpc) is 2.76. The van der Waals surface area contributed by atoms with Crippen molar-refractivity contribution in [2.75, 3.05) is 13.7 Å². The van der Waals surface area contributed by atoms with Crippen LogP contribution < -0.4 is 10.5 Å². The first kappa shape index (κ1) is 32.3. The molecule has 1 aromatic carbocycles. The molecule has 0 saturated carbocycles. The summed E-state index contributed by atoms with van der Waals surface area (Å²) in [7, 11) is 1.50. The van der Waals surface area contributed by atoms with Gasteiger partial charge in [-0.3, -0.25) is 0 Å². The summed E-state index contributed by atoms with van der Waals surface area (Å²) in [5.74, 6) is 0.909. The van der Waals surface area contributed by atoms with Crippen molar-refractivity contribution in [3.8, 4) is 5.75 Å². The molecule has 0 saturated heterocycles. The molecule has 0 aliphatic rings. The molecule has 3 heteroatoms. The average molecular weight is 369 g/mol. The Bertz CT molecular complexity index is 323. The normalized spacial score (nSPS) is 8.04. The SMILES string of the molecule is CC.CC.CC.CCCCCCCCCOc1ccc(C=N)cc1.CN. The van der Waals surface area contributed by atoms with E-state index in [4.69, 9.17) is 10.1 Å². The fourth-order valence-corrected chi connectivity index (χ4v) is 1.91. The van der Waals surface area contributed by atoms with Crippen molar-refractivity contribution in [3.63, 3.8) is 0 Å². The number of hydrogen-bond donors (Lipinski definition) is 2. The Balaban J connectivity index is -0.000000266. The third-order valence-electron chi connectivity index (χ3n) is 3.06. The smallest absolute Gasteiger partial charge is 0.119 e. The van der Waals surface area contributed by atoms with Crippen LogP contribution in [0.15, 0.2) is 24.3 Å². The van der Waals surface area contributed by atoms with Gasteiger partial charge in [0.25, 0.3) is 0 Å². The molecule has 0 aliphatic carbocycles. The van der Waals surface area contributed by atoms with Gasteiger partial charge in [0.05, 0.1) is 6.61 Å². The molecule has 0 heterocycles. The maximum absolute atomic E-state index is 7.11. The Hall–Kier alpha value is -1.35. The number of rotatable bonds is 10. The summed E-state index contributed by atoms with van der Waals surface area (Å²) < 4.78 is 5.66. The van der Waals surface area contributed by atoms with Crippen molar-refractivity contribution in [2.24, 2.45) is 5.73 Å². The van der Waals surface area contributed by atoms with Crippen molar-refractivity contribution < 1.29 is 4.74 Å². The minimum absolute atomic E-state index is 0.803. The van der Waals surface area contributed by atoms with Crippen molar-refractivity contribution >= 4 is 6.21 Å². The number of ether oxygens (including phenoxy) is 1. The molecule has 0 radical (unpaired) electrons. The summed E-state index contributed by atoms with van der Waals surface area (Å²) in [5, 5.41) is 7.11. The largest absolute Gasteiger partial charge is 0.494 e. The highest BCUT2D eigenvalue weighted by molar-refractivity contribution is 5.76. The van der Waals surface area contributed by atoms with Crippen LogP contribution in [0, 0.1) is 5.41 Å². The fraction of sp³-hybridized carbons (Fsp3) is 0.696. The second-order valence-electron chi connectivity index (χ2n) is 4.68. The van der Waals surface area contributed by atoms with Crippen LogP contribution in [0.5, 0.6) is 5.75 Å². The van der Waals surface area contributed by atoms with E-state index in [9.17, 15) is 0 Å². The van der Waals surface area contributed by atoms with Crippen LogP contribution in [-0.2, 0) is 0 Å². The molecule has 26 heavy (non-hydrogen) atoms. The first-order chi connectivity index (χ1) is 12.9. The second-order valence-corrected chi connectivity index (χ2v) is 4.68. The van der Waals surface area contributed by atoms with E-state index in [2.05, 4.69) is 12.7 Å². The van der Waals surface area contributed by atoms with Gasteiger partial charge in [0.15, 0.2) is 0 Å². The highest BCUT2D eigenvalue weighted by Gasteiger charge is 1.94. The van der Waals surface area contributed by atoms with Crippen LogP contribution in [0.1, 0.15) is 99.0 Å². The van der Waals surface area contributed by atoms with Crippen molar-refractivity contribution in [2.45, 2.75) is 93.4 Å². The number of nitrogens with one attached hydrogen (secondary N) is 1. The molecule has 0 fully saturated rings. The van der Waals surface area contributed by atoms with Crippen LogP contribution in [0.2, 0.25) is 0 Å². The third-order valence-corrected chi connectivity index (χ3v) is 3.06. The van der Waals surface area contributed by atoms with E-state index in [0.29, 0.717) is 0 Å². The summed E-state index contributed by atoms with van der Waals surface area (Å²) in [6, 6.07) is 7.68. The number of nitrogens with two attached hydrogens (primary N) is 1. The summed E-state index contributed by atoms with van der Waals surface area (Å²) in [4.78, 5) is 0. The lowest BCUT2D eigenvalue weighted by atomic mass is 10.1. The van der Waals surface area contributed by atoms with Gasteiger partial charge in [-0.2, -0.15) is 0 Å². The van der Waals surface area contributed by atoms with Gasteiger partial charge in [-0.05, 0) is 43.3 Å². The zero-order valence-corrected chi connectivity index (χ0v) is 19.0. The fourth-order valence-electron chi connectivity index (χ4n) is 1.91. The molecule has 3 nitrogen and oxygen atoms in total. The van der Waals surface area contributed by atoms with Crippen LogP contribution in [-0.4, -0.2) is 19.9 Å². The number of hydrogen-bond acceptors (Lipinski definition) is 3. The lowest BCUT2D eigenvalue weighted by molar-refractivity contribution is 0.304. The molecule has 0 amide bonds. The van der Waals surface area contributed by atoms with Gasteiger partial charge in [-0.25, -0.2) is 0 Å². The molecular formula is C23H48N2O. The Morgan fingerprint density at radius 3 is 1.62 bits per heavy atom. The van der Waals surface area contributed by atoms with Gasteiger partial charge in [0.1, 0.15) is 5.75 Å². The summed E-state index contributed by atoms with van der Waals surface area (Å²) in [6.45, 7) is 15.1. The topological polar surface area (TPSA) is 59.1 Å². The first-order valence-electron chi connectivity index (χ1n) is 10.7. The first-order valence-corrected chi connectivity index (χ1v) is 10.7. The van der Waals surface area contributed by atoms with Crippen molar-refractivity contribution in [3.05, 3.63) is 29.8 Å². The Morgan fingerprint density at radius 1 is 0.769 bits per heavy atom. The van der Waals surface area contributed by atoms with Crippen molar-refractivity contribution in [1.29, 1.82) is 5.41 Å². The quantitative estimate of drug-likeness (QED) is 0.332. The van der Waals surface area contributed by atoms with Gasteiger partial charge in [0.2, 0.25) is 0 Å². The molecule has 0 aromatic heterocycles. The molecule has 0 unspecified atom stereocenters. The monoisotopic (exact) mass is 368 g/mol. The second kappa shape index (κ2) is 34.9. The Kier molecular flexibility index (Phi) is 43.4. The molecule has 156 valence electrons. The van der Waals surface area contributed by atoms with E-state index < -0.39 is 0 Å². The molecule has 0 atom stereocenters. The van der Waals surface area contributed by atoms with E-state index in [1.54, 1.807) is 0 Å². The zero-order chi connectivity index (χ0) is 21.1. The van der Waals surface area contributed by atoms with Gasteiger partial charge in [0, 0.05) is 6.21 Å². The van der Waals surface area contributed by atoms with Crippen LogP contribution in [0.4, 0.5) is 0 Å². The van der Waals surface area contributed by atoms with E-state index in [-0.39, 0.29) is 0 Å². The van der Waals surface area contributed by atoms with Crippen LogP contribution in [0.25, 0.3) is 0 Å². The number of benzene rings is 1. The highest BCUT2D eigenvalue weighted by Crippen LogP contribution is 2.12. The minimum atomic E-state index is 0.803. The van der Waals surface area contributed by atoms with Crippen LogP contribution >= 0.6 is 0 Å². The molecule has 0 spiro atoms. The third kappa shape index (κ3) is 24.9. The van der Waals surface area contributed by atoms with E-state index in [0.717, 1.165) is 24.3 Å². The maximum Gasteiger partial charge on any atom is 0.119 e. The summed E-state index contributed by atoms with van der Waals surface area (Å²) in [6.07, 6.45) is 10.5. The minimum Gasteiger partial charge on any atom is -0.494 e. The predicted octanol–water partition coefficient (Wildman–Crippen LogP) is 7.47. The van der Waals surface area contributed by atoms with E-state index >= 15 is 0 Å². The maximum atomic E-state index is 7.11. The summed E-state index contributed by atoms with van der Waals surface area (Å²) >= 11 is 0. The number of unbranched alkanes of at least 4 members (excludes halogenated alkanes) is 6. The lowest BCUT2D eigenvalue weighted by Crippen LogP contribution is -1.97. The lowest BCUT2D eigenvalue weighted by Gasteiger charge is -2.06. The Morgan fingerprint density at radius 2 is 1.19 bits per heavy atom. The molecular weight excluding hydrogens is 320 g/mol. The molecule has 0 aliphatic heterocycles. The molecule has 0 bridgehead atoms. The highest BCUT2D eigenvalue weighted by atomic mass is 16.5. The molecule has 3 N–H and O–H groups in total. The van der Waals surface area contributed by atoms with E-state index in [1.807, 2.05) is 65.8 Å². The molecule has 1 rings (SSSR count). The van der Waals surface area contributed by atoms with Crippen LogP contribution in [0.3, 0.4) is 0 Å². The zero-order valence-electron chi connectivity index (χ0n) is 19.0. The summed E-state index contributed by atoms with van der Waals surface area (Å²) in [5.41, 5.74) is 5.42. The predicted molar refractivity (Wildman–Crippen MR) is 122 cm³/mol. The van der Waals surface area contributed by atoms with Gasteiger partial charge < -0.3 is 15.9 Å². The Labute approximate surface area is 165 Å². The molecule has 1 aromatic rings. The van der Waals surface area contributed by atoms with Gasteiger partial charge in [-0.15, -0.1) is 0 Å².